The first-order valence-electron chi connectivity index (χ1n) is 10.3. The first-order chi connectivity index (χ1) is 16.6. The lowest BCUT2D eigenvalue weighted by Gasteiger charge is -2.06. The van der Waals surface area contributed by atoms with Gasteiger partial charge in [0.15, 0.2) is 3.98 Å². The molecule has 0 unspecified atom stereocenters. The first kappa shape index (κ1) is 22.1. The lowest BCUT2D eigenvalue weighted by molar-refractivity contribution is 0.601. The minimum Gasteiger partial charge on any atom is -0.247 e. The summed E-state index contributed by atoms with van der Waals surface area (Å²) in [5, 5.41) is 0. The summed E-state index contributed by atoms with van der Waals surface area (Å²) in [4.78, 5) is 15.0. The molecule has 0 amide bonds. The summed E-state index contributed by atoms with van der Waals surface area (Å²) in [5.41, 5.74) is 2.95. The number of sulfonamides is 1. The Kier molecular flexibility index (Phi) is 6.31. The van der Waals surface area contributed by atoms with Gasteiger partial charge in [-0.3, -0.25) is 0 Å². The van der Waals surface area contributed by atoms with Gasteiger partial charge in [0.25, 0.3) is 10.0 Å². The molecule has 0 saturated heterocycles. The van der Waals surface area contributed by atoms with Crippen LogP contribution in [0.25, 0.3) is 20.9 Å². The van der Waals surface area contributed by atoms with E-state index in [1.807, 2.05) is 36.4 Å². The number of nitrogens with zero attached hydrogens (tertiary/aromatic N) is 3. The SMILES string of the molecule is O=S(=O)(Nc1ncccn1)c1ccc(N=c2sc(-c3ccccc3)c(-c3ccccc3)s2)cc1. The van der Waals surface area contributed by atoms with Crippen molar-refractivity contribution in [1.29, 1.82) is 0 Å². The quantitative estimate of drug-likeness (QED) is 0.310. The average Bonchev–Trinajstić information content (AvgIpc) is 3.30. The van der Waals surface area contributed by atoms with Gasteiger partial charge in [0, 0.05) is 12.4 Å². The van der Waals surface area contributed by atoms with Gasteiger partial charge in [0.1, 0.15) is 0 Å². The Balaban J connectivity index is 1.49. The van der Waals surface area contributed by atoms with Crippen LogP contribution in [0.3, 0.4) is 0 Å². The molecule has 0 radical (unpaired) electrons. The molecule has 0 saturated carbocycles. The highest BCUT2D eigenvalue weighted by Gasteiger charge is 2.16. The van der Waals surface area contributed by atoms with Crippen LogP contribution >= 0.6 is 22.7 Å². The van der Waals surface area contributed by atoms with Crippen molar-refractivity contribution in [3.63, 3.8) is 0 Å². The fraction of sp³-hybridized carbons (Fsp3) is 0. The Morgan fingerprint density at radius 3 is 1.74 bits per heavy atom. The van der Waals surface area contributed by atoms with Crippen molar-refractivity contribution in [1.82, 2.24) is 9.97 Å². The van der Waals surface area contributed by atoms with Crippen molar-refractivity contribution < 1.29 is 8.42 Å². The van der Waals surface area contributed by atoms with Crippen LogP contribution in [0.5, 0.6) is 0 Å². The summed E-state index contributed by atoms with van der Waals surface area (Å²) in [7, 11) is -3.79. The topological polar surface area (TPSA) is 84.3 Å². The average molecular weight is 503 g/mol. The lowest BCUT2D eigenvalue weighted by atomic mass is 10.1. The summed E-state index contributed by atoms with van der Waals surface area (Å²) in [6.07, 6.45) is 2.95. The van der Waals surface area contributed by atoms with Crippen molar-refractivity contribution in [3.05, 3.63) is 107 Å². The standard InChI is InChI=1S/C25H18N4O2S3/c30-34(31,29-24-26-16-7-17-27-24)21-14-12-20(13-15-21)28-25-32-22(18-8-3-1-4-9-18)23(33-25)19-10-5-2-6-11-19/h1-17H,(H,26,27,29). The van der Waals surface area contributed by atoms with Gasteiger partial charge in [-0.1, -0.05) is 60.7 Å². The number of hydrogen-bond acceptors (Lipinski definition) is 7. The molecule has 1 N–H and O–H groups in total. The molecule has 0 aliphatic carbocycles. The zero-order valence-electron chi connectivity index (χ0n) is 17.7. The molecule has 0 aliphatic heterocycles. The molecular formula is C25H18N4O2S3. The second kappa shape index (κ2) is 9.68. The third-order valence-corrected chi connectivity index (χ3v) is 8.61. The molecule has 6 nitrogen and oxygen atoms in total. The monoisotopic (exact) mass is 502 g/mol. The van der Waals surface area contributed by atoms with Crippen molar-refractivity contribution >= 4 is 44.3 Å². The van der Waals surface area contributed by atoms with E-state index in [2.05, 4.69) is 39.0 Å². The van der Waals surface area contributed by atoms with Crippen molar-refractivity contribution in [2.75, 3.05) is 4.72 Å². The number of anilines is 1. The summed E-state index contributed by atoms with van der Waals surface area (Å²) < 4.78 is 28.5. The summed E-state index contributed by atoms with van der Waals surface area (Å²) in [5.74, 6) is 0.0264. The van der Waals surface area contributed by atoms with E-state index in [1.54, 1.807) is 40.9 Å². The lowest BCUT2D eigenvalue weighted by Crippen LogP contribution is -2.14. The molecule has 5 aromatic rings. The number of nitrogens with one attached hydrogen (secondary N) is 1. The summed E-state index contributed by atoms with van der Waals surface area (Å²) in [6, 6.07) is 28.5. The molecule has 168 valence electrons. The molecule has 34 heavy (non-hydrogen) atoms. The molecule has 2 heterocycles. The number of rotatable bonds is 6. The molecule has 9 heteroatoms. The Morgan fingerprint density at radius 1 is 0.676 bits per heavy atom. The maximum Gasteiger partial charge on any atom is 0.264 e. The van der Waals surface area contributed by atoms with E-state index < -0.39 is 10.0 Å². The molecule has 0 fully saturated rings. The summed E-state index contributed by atoms with van der Waals surface area (Å²) >= 11 is 3.24. The molecule has 0 atom stereocenters. The normalized spacial score (nSPS) is 11.2. The fourth-order valence-corrected chi connectivity index (χ4v) is 6.68. The van der Waals surface area contributed by atoms with E-state index in [9.17, 15) is 8.42 Å². The molecule has 3 aromatic carbocycles. The maximum absolute atomic E-state index is 12.6. The first-order valence-corrected chi connectivity index (χ1v) is 13.4. The second-order valence-corrected chi connectivity index (χ2v) is 11.1. The Bertz CT molecular complexity index is 1500. The summed E-state index contributed by atoms with van der Waals surface area (Å²) in [6.45, 7) is 0. The van der Waals surface area contributed by atoms with Crippen LogP contribution in [-0.2, 0) is 10.0 Å². The van der Waals surface area contributed by atoms with Crippen molar-refractivity contribution in [2.45, 2.75) is 4.90 Å². The highest BCUT2D eigenvalue weighted by Crippen LogP contribution is 2.37. The second-order valence-electron chi connectivity index (χ2n) is 7.14. The predicted octanol–water partition coefficient (Wildman–Crippen LogP) is 5.97. The Hall–Kier alpha value is -3.66. The van der Waals surface area contributed by atoms with Gasteiger partial charge in [0.05, 0.1) is 20.3 Å². The molecule has 2 aromatic heterocycles. The van der Waals surface area contributed by atoms with Crippen LogP contribution in [-0.4, -0.2) is 18.4 Å². The van der Waals surface area contributed by atoms with Crippen LogP contribution in [0.4, 0.5) is 11.6 Å². The highest BCUT2D eigenvalue weighted by atomic mass is 32.2. The molecule has 5 rings (SSSR count). The van der Waals surface area contributed by atoms with Crippen LogP contribution < -0.4 is 8.71 Å². The number of hydrogen-bond donors (Lipinski definition) is 1. The largest absolute Gasteiger partial charge is 0.264 e. The van der Waals surface area contributed by atoms with E-state index in [-0.39, 0.29) is 10.8 Å². The fourth-order valence-electron chi connectivity index (χ4n) is 3.23. The van der Waals surface area contributed by atoms with Gasteiger partial charge in [0.2, 0.25) is 5.95 Å². The van der Waals surface area contributed by atoms with Gasteiger partial charge in [-0.25, -0.2) is 28.1 Å². The van der Waals surface area contributed by atoms with E-state index in [4.69, 9.17) is 4.99 Å². The van der Waals surface area contributed by atoms with Crippen LogP contribution in [0.15, 0.2) is 113 Å². The third kappa shape index (κ3) is 4.96. The molecular weight excluding hydrogens is 485 g/mol. The molecule has 0 spiro atoms. The maximum atomic E-state index is 12.6. The Morgan fingerprint density at radius 2 is 1.21 bits per heavy atom. The zero-order chi connectivity index (χ0) is 23.4. The van der Waals surface area contributed by atoms with E-state index in [1.165, 1.54) is 24.5 Å². The van der Waals surface area contributed by atoms with E-state index in [0.717, 1.165) is 24.9 Å². The molecule has 0 aliphatic rings. The van der Waals surface area contributed by atoms with Gasteiger partial charge < -0.3 is 0 Å². The highest BCUT2D eigenvalue weighted by molar-refractivity contribution is 7.92. The zero-order valence-corrected chi connectivity index (χ0v) is 20.1. The number of aromatic nitrogens is 2. The van der Waals surface area contributed by atoms with E-state index >= 15 is 0 Å². The van der Waals surface area contributed by atoms with E-state index in [0.29, 0.717) is 5.69 Å². The van der Waals surface area contributed by atoms with Crippen LogP contribution in [0.2, 0.25) is 0 Å². The predicted molar refractivity (Wildman–Crippen MR) is 138 cm³/mol. The van der Waals surface area contributed by atoms with Gasteiger partial charge in [-0.15, -0.1) is 22.7 Å². The van der Waals surface area contributed by atoms with Crippen LogP contribution in [0.1, 0.15) is 0 Å². The third-order valence-electron chi connectivity index (χ3n) is 4.82. The smallest absolute Gasteiger partial charge is 0.247 e. The van der Waals surface area contributed by atoms with Gasteiger partial charge in [-0.2, -0.15) is 0 Å². The van der Waals surface area contributed by atoms with Gasteiger partial charge in [-0.05, 0) is 41.5 Å². The number of benzene rings is 3. The minimum atomic E-state index is -3.79. The van der Waals surface area contributed by atoms with Crippen molar-refractivity contribution in [3.8, 4) is 20.9 Å². The van der Waals surface area contributed by atoms with Crippen LogP contribution in [0, 0.1) is 0 Å². The Labute approximate surface area is 205 Å². The van der Waals surface area contributed by atoms with Gasteiger partial charge >= 0.3 is 0 Å². The molecule has 0 bridgehead atoms. The minimum absolute atomic E-state index is 0.0264. The van der Waals surface area contributed by atoms with Crippen molar-refractivity contribution in [2.24, 2.45) is 4.99 Å².